The largest absolute Gasteiger partial charge is 0.508 e. The number of pyridine rings is 1. The van der Waals surface area contributed by atoms with Crippen LogP contribution in [-0.2, 0) is 0 Å². The molecule has 0 bridgehead atoms. The van der Waals surface area contributed by atoms with Crippen LogP contribution in [0.25, 0.3) is 10.9 Å². The average Bonchev–Trinajstić information content (AvgIpc) is 3.40. The Bertz CT molecular complexity index is 1480. The van der Waals surface area contributed by atoms with E-state index in [2.05, 4.69) is 49.4 Å². The van der Waals surface area contributed by atoms with Gasteiger partial charge in [-0.3, -0.25) is 9.69 Å². The molecule has 1 aliphatic heterocycles. The van der Waals surface area contributed by atoms with Crippen LogP contribution in [0, 0.1) is 13.8 Å². The Morgan fingerprint density at radius 3 is 2.45 bits per heavy atom. The van der Waals surface area contributed by atoms with Crippen molar-refractivity contribution in [2.45, 2.75) is 58.0 Å². The fourth-order valence-electron chi connectivity index (χ4n) is 6.27. The SMILES string of the molecule is Cc1cc(C)c2[nH]c(=O)c([C@@H](c3nnnn3C3CCCCC3)N3CCN(c4ccc(O)cc4)CC3)cc2c1. The lowest BCUT2D eigenvalue weighted by Crippen LogP contribution is -2.49. The number of benzene rings is 2. The molecule has 0 unspecified atom stereocenters. The van der Waals surface area contributed by atoms with Gasteiger partial charge in [-0.25, -0.2) is 4.68 Å². The summed E-state index contributed by atoms with van der Waals surface area (Å²) in [5.41, 5.74) is 4.79. The zero-order valence-electron chi connectivity index (χ0n) is 22.1. The average molecular weight is 514 g/mol. The number of fused-ring (bicyclic) bond motifs is 1. The van der Waals surface area contributed by atoms with Crippen molar-refractivity contribution in [3.8, 4) is 5.75 Å². The topological polar surface area (TPSA) is 103 Å². The summed E-state index contributed by atoms with van der Waals surface area (Å²) in [6, 6.07) is 13.5. The molecular weight excluding hydrogens is 478 g/mol. The number of phenols is 1. The van der Waals surface area contributed by atoms with E-state index in [1.807, 2.05) is 29.8 Å². The van der Waals surface area contributed by atoms with E-state index in [0.29, 0.717) is 5.56 Å². The van der Waals surface area contributed by atoms with Gasteiger partial charge in [-0.1, -0.05) is 30.9 Å². The predicted octanol–water partition coefficient (Wildman–Crippen LogP) is 4.25. The number of aryl methyl sites for hydroxylation is 2. The number of aromatic nitrogens is 5. The molecule has 9 nitrogen and oxygen atoms in total. The van der Waals surface area contributed by atoms with E-state index in [1.165, 1.54) is 24.8 Å². The molecule has 2 aliphatic rings. The molecule has 1 saturated heterocycles. The molecule has 0 spiro atoms. The number of hydrogen-bond donors (Lipinski definition) is 2. The number of nitrogens with one attached hydrogen (secondary N) is 1. The lowest BCUT2D eigenvalue weighted by molar-refractivity contribution is 0.192. The maximum atomic E-state index is 13.7. The van der Waals surface area contributed by atoms with Crippen LogP contribution in [0.3, 0.4) is 0 Å². The third-order valence-electron chi connectivity index (χ3n) is 8.19. The predicted molar refractivity (Wildman–Crippen MR) is 148 cm³/mol. The molecule has 6 rings (SSSR count). The summed E-state index contributed by atoms with van der Waals surface area (Å²) in [6.45, 7) is 7.24. The number of hydrogen-bond acceptors (Lipinski definition) is 7. The Morgan fingerprint density at radius 1 is 0.974 bits per heavy atom. The highest BCUT2D eigenvalue weighted by molar-refractivity contribution is 5.83. The second-order valence-electron chi connectivity index (χ2n) is 10.8. The highest BCUT2D eigenvalue weighted by atomic mass is 16.3. The Balaban J connectivity index is 1.40. The van der Waals surface area contributed by atoms with E-state index in [-0.39, 0.29) is 23.4 Å². The number of tetrazole rings is 1. The molecule has 1 aliphatic carbocycles. The van der Waals surface area contributed by atoms with Crippen molar-refractivity contribution in [1.82, 2.24) is 30.1 Å². The number of H-pyrrole nitrogens is 1. The van der Waals surface area contributed by atoms with Gasteiger partial charge in [0.15, 0.2) is 5.82 Å². The number of anilines is 1. The highest BCUT2D eigenvalue weighted by Crippen LogP contribution is 2.34. The van der Waals surface area contributed by atoms with Crippen LogP contribution in [0.4, 0.5) is 5.69 Å². The van der Waals surface area contributed by atoms with Crippen LogP contribution >= 0.6 is 0 Å². The van der Waals surface area contributed by atoms with E-state index in [9.17, 15) is 9.90 Å². The molecule has 2 N–H and O–H groups in total. The lowest BCUT2D eigenvalue weighted by atomic mass is 9.95. The van der Waals surface area contributed by atoms with Gasteiger partial charge in [-0.15, -0.1) is 5.10 Å². The van der Waals surface area contributed by atoms with Gasteiger partial charge in [0.05, 0.1) is 11.6 Å². The van der Waals surface area contributed by atoms with Crippen molar-refractivity contribution in [3.63, 3.8) is 0 Å². The first kappa shape index (κ1) is 24.6. The fourth-order valence-corrected chi connectivity index (χ4v) is 6.27. The van der Waals surface area contributed by atoms with Gasteiger partial charge in [0, 0.05) is 37.4 Å². The van der Waals surface area contributed by atoms with Crippen LogP contribution in [0.5, 0.6) is 5.75 Å². The molecule has 0 amide bonds. The van der Waals surface area contributed by atoms with Gasteiger partial charge < -0.3 is 15.0 Å². The molecular formula is C29H35N7O2. The number of aromatic hydroxyl groups is 1. The Kier molecular flexibility index (Phi) is 6.61. The van der Waals surface area contributed by atoms with Crippen molar-refractivity contribution in [3.05, 3.63) is 75.3 Å². The first-order chi connectivity index (χ1) is 18.5. The van der Waals surface area contributed by atoms with Gasteiger partial charge in [0.1, 0.15) is 11.8 Å². The Labute approximate surface area is 222 Å². The first-order valence-corrected chi connectivity index (χ1v) is 13.7. The minimum atomic E-state index is -0.345. The molecule has 9 heteroatoms. The first-order valence-electron chi connectivity index (χ1n) is 13.7. The van der Waals surface area contributed by atoms with Gasteiger partial charge in [0.25, 0.3) is 5.56 Å². The van der Waals surface area contributed by atoms with Crippen LogP contribution in [0.15, 0.2) is 47.3 Å². The molecule has 2 aromatic carbocycles. The second-order valence-corrected chi connectivity index (χ2v) is 10.8. The number of rotatable bonds is 5. The zero-order valence-corrected chi connectivity index (χ0v) is 22.1. The minimum absolute atomic E-state index is 0.0892. The summed E-state index contributed by atoms with van der Waals surface area (Å²) in [4.78, 5) is 21.5. The van der Waals surface area contributed by atoms with Crippen molar-refractivity contribution >= 4 is 16.6 Å². The van der Waals surface area contributed by atoms with E-state index < -0.39 is 0 Å². The maximum Gasteiger partial charge on any atom is 0.253 e. The van der Waals surface area contributed by atoms with Crippen LogP contribution in [-0.4, -0.2) is 61.4 Å². The Morgan fingerprint density at radius 2 is 1.71 bits per heavy atom. The van der Waals surface area contributed by atoms with Crippen molar-refractivity contribution in [2.24, 2.45) is 0 Å². The number of aromatic amines is 1. The summed E-state index contributed by atoms with van der Waals surface area (Å²) in [5, 5.41) is 23.8. The number of phenolic OH excluding ortho intramolecular Hbond substituents is 1. The van der Waals surface area contributed by atoms with Gasteiger partial charge >= 0.3 is 0 Å². The van der Waals surface area contributed by atoms with E-state index >= 15 is 0 Å². The maximum absolute atomic E-state index is 13.7. The molecule has 198 valence electrons. The number of nitrogens with zero attached hydrogens (tertiary/aromatic N) is 6. The number of piperazine rings is 1. The molecule has 2 aromatic heterocycles. The third-order valence-corrected chi connectivity index (χ3v) is 8.19. The highest BCUT2D eigenvalue weighted by Gasteiger charge is 2.34. The molecule has 1 saturated carbocycles. The minimum Gasteiger partial charge on any atom is -0.508 e. The third kappa shape index (κ3) is 4.67. The molecule has 3 heterocycles. The van der Waals surface area contributed by atoms with Gasteiger partial charge in [-0.05, 0) is 84.5 Å². The van der Waals surface area contributed by atoms with Gasteiger partial charge in [-0.2, -0.15) is 0 Å². The standard InChI is InChI=1S/C29H35N7O2/c1-19-16-20(2)26-21(17-19)18-25(29(38)30-26)27(28-31-32-33-36(28)23-6-4-3-5-7-23)35-14-12-34(13-15-35)22-8-10-24(37)11-9-22/h8-11,16-18,23,27,37H,3-7,12-15H2,1-2H3,(H,30,38)/t27-/m0/s1. The summed E-state index contributed by atoms with van der Waals surface area (Å²) >= 11 is 0. The molecule has 38 heavy (non-hydrogen) atoms. The van der Waals surface area contributed by atoms with E-state index in [4.69, 9.17) is 0 Å². The normalized spacial score (nSPS) is 18.2. The summed E-state index contributed by atoms with van der Waals surface area (Å²) in [7, 11) is 0. The Hall–Kier alpha value is -3.72. The quantitative estimate of drug-likeness (QED) is 0.411. The summed E-state index contributed by atoms with van der Waals surface area (Å²) in [5.74, 6) is 1.02. The van der Waals surface area contributed by atoms with Crippen molar-refractivity contribution < 1.29 is 5.11 Å². The van der Waals surface area contributed by atoms with E-state index in [1.54, 1.807) is 12.1 Å². The molecule has 2 fully saturated rings. The lowest BCUT2D eigenvalue weighted by Gasteiger charge is -2.40. The monoisotopic (exact) mass is 513 g/mol. The van der Waals surface area contributed by atoms with E-state index in [0.717, 1.165) is 67.0 Å². The van der Waals surface area contributed by atoms with Crippen molar-refractivity contribution in [1.29, 1.82) is 0 Å². The fraction of sp³-hybridized carbons (Fsp3) is 0.448. The molecule has 0 radical (unpaired) electrons. The summed E-state index contributed by atoms with van der Waals surface area (Å²) < 4.78 is 2.00. The second kappa shape index (κ2) is 10.2. The van der Waals surface area contributed by atoms with Crippen LogP contribution in [0.2, 0.25) is 0 Å². The van der Waals surface area contributed by atoms with Gasteiger partial charge in [0.2, 0.25) is 0 Å². The molecule has 4 aromatic rings. The summed E-state index contributed by atoms with van der Waals surface area (Å²) in [6.07, 6.45) is 5.72. The zero-order chi connectivity index (χ0) is 26.2. The van der Waals surface area contributed by atoms with Crippen molar-refractivity contribution in [2.75, 3.05) is 31.1 Å². The van der Waals surface area contributed by atoms with Crippen LogP contribution in [0.1, 0.15) is 66.7 Å². The van der Waals surface area contributed by atoms with Crippen LogP contribution < -0.4 is 10.5 Å². The smallest absolute Gasteiger partial charge is 0.253 e. The molecule has 1 atom stereocenters.